The van der Waals surface area contributed by atoms with E-state index in [1.807, 2.05) is 0 Å². The second-order valence-corrected chi connectivity index (χ2v) is 5.19. The van der Waals surface area contributed by atoms with Crippen LogP contribution in [0.2, 0.25) is 0 Å². The van der Waals surface area contributed by atoms with Crippen molar-refractivity contribution in [1.82, 2.24) is 10.2 Å². The molecule has 1 heterocycles. The van der Waals surface area contributed by atoms with Crippen molar-refractivity contribution in [3.8, 4) is 0 Å². The maximum Gasteiger partial charge on any atom is 0.272 e. The van der Waals surface area contributed by atoms with E-state index < -0.39 is 4.92 Å². The van der Waals surface area contributed by atoms with Gasteiger partial charge in [-0.05, 0) is 38.6 Å². The highest BCUT2D eigenvalue weighted by Crippen LogP contribution is 2.21. The van der Waals surface area contributed by atoms with Gasteiger partial charge in [0.2, 0.25) is 5.91 Å². The Morgan fingerprint density at radius 2 is 2.24 bits per heavy atom. The molecule has 0 atom stereocenters. The maximum absolute atomic E-state index is 12.0. The third-order valence-corrected chi connectivity index (χ3v) is 3.48. The maximum atomic E-state index is 12.0. The van der Waals surface area contributed by atoms with Crippen molar-refractivity contribution >= 4 is 17.3 Å². The molecule has 1 aliphatic rings. The number of nitrogens with one attached hydrogen (secondary N) is 2. The molecule has 0 spiro atoms. The highest BCUT2D eigenvalue weighted by Gasteiger charge is 2.14. The number of aryl methyl sites for hydroxylation is 1. The molecule has 21 heavy (non-hydrogen) atoms. The van der Waals surface area contributed by atoms with Crippen molar-refractivity contribution in [3.63, 3.8) is 0 Å². The third-order valence-electron chi connectivity index (χ3n) is 3.48. The zero-order valence-corrected chi connectivity index (χ0v) is 12.1. The number of benzene rings is 1. The second-order valence-electron chi connectivity index (χ2n) is 5.19. The number of nitro benzene ring substituents is 1. The Balaban J connectivity index is 1.93. The van der Waals surface area contributed by atoms with Gasteiger partial charge in [-0.3, -0.25) is 19.8 Å². The molecule has 0 aromatic heterocycles. The average Bonchev–Trinajstić information content (AvgIpc) is 2.66. The topological polar surface area (TPSA) is 87.5 Å². The lowest BCUT2D eigenvalue weighted by atomic mass is 10.2. The zero-order chi connectivity index (χ0) is 15.2. The molecule has 0 saturated carbocycles. The molecule has 0 bridgehead atoms. The van der Waals surface area contributed by atoms with Gasteiger partial charge < -0.3 is 10.6 Å². The summed E-state index contributed by atoms with van der Waals surface area (Å²) in [5, 5.41) is 16.8. The molecule has 2 rings (SSSR count). The predicted octanol–water partition coefficient (Wildman–Crippen LogP) is 1.14. The van der Waals surface area contributed by atoms with Crippen LogP contribution in [0.4, 0.5) is 11.4 Å². The lowest BCUT2D eigenvalue weighted by Crippen LogP contribution is -2.35. The summed E-state index contributed by atoms with van der Waals surface area (Å²) in [6, 6.07) is 4.60. The lowest BCUT2D eigenvalue weighted by molar-refractivity contribution is -0.385. The van der Waals surface area contributed by atoms with Crippen LogP contribution in [0, 0.1) is 17.0 Å². The zero-order valence-electron chi connectivity index (χ0n) is 12.1. The highest BCUT2D eigenvalue weighted by atomic mass is 16.6. The van der Waals surface area contributed by atoms with E-state index in [0.29, 0.717) is 17.8 Å². The smallest absolute Gasteiger partial charge is 0.272 e. The van der Waals surface area contributed by atoms with Gasteiger partial charge in [0, 0.05) is 30.4 Å². The van der Waals surface area contributed by atoms with E-state index >= 15 is 0 Å². The van der Waals surface area contributed by atoms with Gasteiger partial charge in [-0.1, -0.05) is 0 Å². The molecule has 1 aliphatic heterocycles. The van der Waals surface area contributed by atoms with Gasteiger partial charge in [-0.2, -0.15) is 0 Å². The summed E-state index contributed by atoms with van der Waals surface area (Å²) in [4.78, 5) is 24.5. The van der Waals surface area contributed by atoms with Crippen LogP contribution < -0.4 is 10.6 Å². The van der Waals surface area contributed by atoms with E-state index in [0.717, 1.165) is 32.6 Å². The number of carbonyl (C=O) groups excluding carboxylic acids is 1. The number of rotatable bonds is 4. The summed E-state index contributed by atoms with van der Waals surface area (Å²) in [5.41, 5.74) is 1.19. The third kappa shape index (κ3) is 4.51. The fourth-order valence-electron chi connectivity index (χ4n) is 2.40. The lowest BCUT2D eigenvalue weighted by Gasteiger charge is -2.18. The van der Waals surface area contributed by atoms with Crippen LogP contribution in [0.25, 0.3) is 0 Å². The van der Waals surface area contributed by atoms with Gasteiger partial charge in [-0.25, -0.2) is 0 Å². The largest absolute Gasteiger partial charge is 0.325 e. The molecule has 114 valence electrons. The molecule has 0 radical (unpaired) electrons. The molecule has 1 aromatic carbocycles. The number of hydrogen-bond donors (Lipinski definition) is 2. The molecule has 0 aliphatic carbocycles. The summed E-state index contributed by atoms with van der Waals surface area (Å²) < 4.78 is 0. The number of nitrogens with zero attached hydrogens (tertiary/aromatic N) is 2. The molecule has 0 unspecified atom stereocenters. The molecule has 1 saturated heterocycles. The second kappa shape index (κ2) is 7.14. The fourth-order valence-corrected chi connectivity index (χ4v) is 2.40. The van der Waals surface area contributed by atoms with E-state index in [9.17, 15) is 14.9 Å². The summed E-state index contributed by atoms with van der Waals surface area (Å²) in [6.45, 7) is 5.64. The minimum atomic E-state index is -0.425. The Hall–Kier alpha value is -1.99. The summed E-state index contributed by atoms with van der Waals surface area (Å²) in [6.07, 6.45) is 1.03. The summed E-state index contributed by atoms with van der Waals surface area (Å²) in [5.74, 6) is -0.0925. The summed E-state index contributed by atoms with van der Waals surface area (Å²) >= 11 is 0. The first-order chi connectivity index (χ1) is 10.1. The molecular formula is C14H20N4O3. The van der Waals surface area contributed by atoms with Crippen molar-refractivity contribution in [2.75, 3.05) is 38.0 Å². The molecule has 7 heteroatoms. The molecule has 7 nitrogen and oxygen atoms in total. The van der Waals surface area contributed by atoms with E-state index in [2.05, 4.69) is 15.5 Å². The standard InChI is InChI=1S/C14H20N4O3/c1-11-9-12(3-4-13(11)18(20)21)16-14(19)10-17-7-2-5-15-6-8-17/h3-4,9,15H,2,5-8,10H2,1H3,(H,16,19). The molecule has 2 N–H and O–H groups in total. The number of amides is 1. The van der Waals surface area contributed by atoms with Gasteiger partial charge >= 0.3 is 0 Å². The predicted molar refractivity (Wildman–Crippen MR) is 80.4 cm³/mol. The van der Waals surface area contributed by atoms with Gasteiger partial charge in [-0.15, -0.1) is 0 Å². The number of carbonyl (C=O) groups is 1. The van der Waals surface area contributed by atoms with E-state index in [1.54, 1.807) is 19.1 Å². The number of anilines is 1. The van der Waals surface area contributed by atoms with Gasteiger partial charge in [0.1, 0.15) is 0 Å². The van der Waals surface area contributed by atoms with Crippen LogP contribution in [0.1, 0.15) is 12.0 Å². The van der Waals surface area contributed by atoms with E-state index in [-0.39, 0.29) is 11.6 Å². The minimum Gasteiger partial charge on any atom is -0.325 e. The Morgan fingerprint density at radius 3 is 2.95 bits per heavy atom. The first-order valence-corrected chi connectivity index (χ1v) is 7.04. The SMILES string of the molecule is Cc1cc(NC(=O)CN2CCCNCC2)ccc1[N+](=O)[O-]. The average molecular weight is 292 g/mol. The molecule has 1 fully saturated rings. The van der Waals surface area contributed by atoms with Crippen molar-refractivity contribution in [1.29, 1.82) is 0 Å². The van der Waals surface area contributed by atoms with Crippen LogP contribution in [0.15, 0.2) is 18.2 Å². The summed E-state index contributed by atoms with van der Waals surface area (Å²) in [7, 11) is 0. The van der Waals surface area contributed by atoms with Gasteiger partial charge in [0.15, 0.2) is 0 Å². The van der Waals surface area contributed by atoms with Crippen molar-refractivity contribution in [2.24, 2.45) is 0 Å². The quantitative estimate of drug-likeness (QED) is 0.642. The Morgan fingerprint density at radius 1 is 1.43 bits per heavy atom. The van der Waals surface area contributed by atoms with Crippen molar-refractivity contribution in [2.45, 2.75) is 13.3 Å². The first kappa shape index (κ1) is 15.4. The van der Waals surface area contributed by atoms with Crippen molar-refractivity contribution < 1.29 is 9.72 Å². The Bertz CT molecular complexity index is 525. The fraction of sp³-hybridized carbons (Fsp3) is 0.500. The van der Waals surface area contributed by atoms with Crippen molar-refractivity contribution in [3.05, 3.63) is 33.9 Å². The normalized spacial score (nSPS) is 16.2. The van der Waals surface area contributed by atoms with Crippen LogP contribution in [-0.2, 0) is 4.79 Å². The van der Waals surface area contributed by atoms with Crippen LogP contribution >= 0.6 is 0 Å². The Labute approximate surface area is 123 Å². The Kier molecular flexibility index (Phi) is 5.24. The van der Waals surface area contributed by atoms with Crippen LogP contribution in [0.5, 0.6) is 0 Å². The minimum absolute atomic E-state index is 0.0617. The van der Waals surface area contributed by atoms with E-state index in [4.69, 9.17) is 0 Å². The number of hydrogen-bond acceptors (Lipinski definition) is 5. The highest BCUT2D eigenvalue weighted by molar-refractivity contribution is 5.92. The van der Waals surface area contributed by atoms with Gasteiger partial charge in [0.25, 0.3) is 5.69 Å². The number of nitro groups is 1. The van der Waals surface area contributed by atoms with Crippen LogP contribution in [0.3, 0.4) is 0 Å². The molecular weight excluding hydrogens is 272 g/mol. The first-order valence-electron chi connectivity index (χ1n) is 7.04. The van der Waals surface area contributed by atoms with Crippen LogP contribution in [-0.4, -0.2) is 48.5 Å². The molecule has 1 amide bonds. The van der Waals surface area contributed by atoms with Gasteiger partial charge in [0.05, 0.1) is 11.5 Å². The molecule has 1 aromatic rings. The monoisotopic (exact) mass is 292 g/mol. The van der Waals surface area contributed by atoms with E-state index in [1.165, 1.54) is 6.07 Å².